The molecule has 0 saturated heterocycles. The van der Waals surface area contributed by atoms with E-state index < -0.39 is 14.4 Å². The molecule has 0 radical (unpaired) electrons. The van der Waals surface area contributed by atoms with Gasteiger partial charge < -0.3 is 4.30 Å². The van der Waals surface area contributed by atoms with Gasteiger partial charge in [-0.15, -0.1) is 0 Å². The molecule has 3 heteroatoms. The summed E-state index contributed by atoms with van der Waals surface area (Å²) >= 11 is -1.04. The SMILES string of the molecule is C[CH2][Al]([CH2]Cc1ccccc1C=Nc1ccccc1C(C)C)[NH]c1ccc(C)cc1. The van der Waals surface area contributed by atoms with Crippen molar-refractivity contribution in [3.8, 4) is 0 Å². The van der Waals surface area contributed by atoms with Crippen LogP contribution in [0.3, 0.4) is 0 Å². The minimum Gasteiger partial charge on any atom is -0.476 e. The maximum absolute atomic E-state index is 4.85. The normalized spacial score (nSPS) is 11.2. The standard InChI is InChI=1S/C18H20N.C7H8N.C2H5.Al/c1-4-15-9-5-6-10-16(15)13-19-18-12-8-7-11-17(18)14(2)3;1-6-2-4-7(8)5-3-6;1-2;/h5-14H,1,4H2,2-3H3;2-5,8H,1H3;1H2,2H3;/q;-1;;+1. The van der Waals surface area contributed by atoms with Gasteiger partial charge in [0.25, 0.3) is 0 Å². The lowest BCUT2D eigenvalue weighted by Crippen LogP contribution is -2.24. The molecule has 0 atom stereocenters. The number of nitrogens with zero attached hydrogens (tertiary/aromatic N) is 1. The van der Waals surface area contributed by atoms with E-state index in [4.69, 9.17) is 4.99 Å². The van der Waals surface area contributed by atoms with Gasteiger partial charge in [-0.05, 0) is 54.2 Å². The first-order valence-corrected chi connectivity index (χ1v) is 13.3. The Hall–Kier alpha value is -2.34. The molecule has 0 fully saturated rings. The van der Waals surface area contributed by atoms with Crippen molar-refractivity contribution in [1.82, 2.24) is 0 Å². The predicted octanol–water partition coefficient (Wildman–Crippen LogP) is 7.54. The number of aryl methyl sites for hydroxylation is 2. The zero-order valence-corrected chi connectivity index (χ0v) is 19.9. The summed E-state index contributed by atoms with van der Waals surface area (Å²) in [6, 6.07) is 25.9. The van der Waals surface area contributed by atoms with E-state index in [1.54, 1.807) is 0 Å². The monoisotopic (exact) mass is 412 g/mol. The van der Waals surface area contributed by atoms with Crippen LogP contribution in [0.4, 0.5) is 11.4 Å². The molecule has 0 aliphatic heterocycles. The first kappa shape index (κ1) is 22.3. The van der Waals surface area contributed by atoms with Gasteiger partial charge in [-0.1, -0.05) is 91.5 Å². The zero-order chi connectivity index (χ0) is 21.3. The molecule has 0 aliphatic carbocycles. The molecule has 2 nitrogen and oxygen atoms in total. The third-order valence-corrected chi connectivity index (χ3v) is 8.35. The van der Waals surface area contributed by atoms with Crippen molar-refractivity contribution in [2.24, 2.45) is 4.99 Å². The topological polar surface area (TPSA) is 24.4 Å². The minimum atomic E-state index is -1.04. The van der Waals surface area contributed by atoms with E-state index in [1.807, 2.05) is 6.21 Å². The predicted molar refractivity (Wildman–Crippen MR) is 134 cm³/mol. The van der Waals surface area contributed by atoms with Crippen LogP contribution >= 0.6 is 0 Å². The van der Waals surface area contributed by atoms with Crippen LogP contribution in [-0.4, -0.2) is 20.6 Å². The van der Waals surface area contributed by atoms with Gasteiger partial charge in [0.1, 0.15) is 0 Å². The molecule has 30 heavy (non-hydrogen) atoms. The Kier molecular flexibility index (Phi) is 8.32. The summed E-state index contributed by atoms with van der Waals surface area (Å²) in [6.45, 7) is 8.89. The average molecular weight is 413 g/mol. The summed E-state index contributed by atoms with van der Waals surface area (Å²) in [5.74, 6) is 0.470. The van der Waals surface area contributed by atoms with E-state index in [-0.39, 0.29) is 0 Å². The molecule has 154 valence electrons. The molecule has 0 aliphatic rings. The van der Waals surface area contributed by atoms with Gasteiger partial charge in [0.05, 0.1) is 5.69 Å². The van der Waals surface area contributed by atoms with E-state index in [0.717, 1.165) is 12.1 Å². The average Bonchev–Trinajstić information content (AvgIpc) is 2.77. The fourth-order valence-electron chi connectivity index (χ4n) is 3.71. The van der Waals surface area contributed by atoms with E-state index in [1.165, 1.54) is 38.5 Å². The van der Waals surface area contributed by atoms with Crippen LogP contribution in [0.25, 0.3) is 0 Å². The summed E-state index contributed by atoms with van der Waals surface area (Å²) in [5.41, 5.74) is 7.56. The molecule has 0 amide bonds. The van der Waals surface area contributed by atoms with Gasteiger partial charge in [0, 0.05) is 11.9 Å². The van der Waals surface area contributed by atoms with Crippen molar-refractivity contribution in [2.75, 3.05) is 4.30 Å². The van der Waals surface area contributed by atoms with E-state index in [2.05, 4.69) is 105 Å². The summed E-state index contributed by atoms with van der Waals surface area (Å²) in [7, 11) is 0. The van der Waals surface area contributed by atoms with Crippen LogP contribution in [0.15, 0.2) is 77.8 Å². The second-order valence-corrected chi connectivity index (χ2v) is 11.4. The van der Waals surface area contributed by atoms with Gasteiger partial charge in [-0.2, -0.15) is 0 Å². The van der Waals surface area contributed by atoms with E-state index in [9.17, 15) is 0 Å². The van der Waals surface area contributed by atoms with Gasteiger partial charge in [-0.3, -0.25) is 4.99 Å². The molecule has 0 heterocycles. The van der Waals surface area contributed by atoms with Crippen molar-refractivity contribution in [1.29, 1.82) is 0 Å². The first-order valence-electron chi connectivity index (χ1n) is 11.1. The Morgan fingerprint density at radius 1 is 0.933 bits per heavy atom. The number of benzene rings is 3. The van der Waals surface area contributed by atoms with Crippen LogP contribution < -0.4 is 4.30 Å². The van der Waals surface area contributed by atoms with Gasteiger partial charge in [-0.25, -0.2) is 0 Å². The van der Waals surface area contributed by atoms with Crippen molar-refractivity contribution in [3.63, 3.8) is 0 Å². The highest BCUT2D eigenvalue weighted by Crippen LogP contribution is 2.26. The van der Waals surface area contributed by atoms with Crippen LogP contribution in [0.5, 0.6) is 0 Å². The number of anilines is 1. The largest absolute Gasteiger partial charge is 0.476 e. The maximum Gasteiger partial charge on any atom is 0.411 e. The quantitative estimate of drug-likeness (QED) is 0.285. The Morgan fingerprint density at radius 3 is 2.37 bits per heavy atom. The number of rotatable bonds is 9. The van der Waals surface area contributed by atoms with Crippen LogP contribution in [0, 0.1) is 6.92 Å². The van der Waals surface area contributed by atoms with Crippen LogP contribution in [0.2, 0.25) is 10.6 Å². The fourth-order valence-corrected chi connectivity index (χ4v) is 5.79. The highest BCUT2D eigenvalue weighted by Gasteiger charge is 2.17. The minimum absolute atomic E-state index is 0.470. The number of aliphatic imine (C=N–C) groups is 1. The third kappa shape index (κ3) is 6.33. The summed E-state index contributed by atoms with van der Waals surface area (Å²) in [5, 5.41) is 2.48. The van der Waals surface area contributed by atoms with Gasteiger partial charge >= 0.3 is 14.4 Å². The molecule has 0 saturated carbocycles. The smallest absolute Gasteiger partial charge is 0.411 e. The number of para-hydroxylation sites is 1. The highest BCUT2D eigenvalue weighted by atomic mass is 27.2. The Labute approximate surface area is 186 Å². The van der Waals surface area contributed by atoms with E-state index >= 15 is 0 Å². The molecule has 0 bridgehead atoms. The van der Waals surface area contributed by atoms with Crippen molar-refractivity contribution in [3.05, 3.63) is 95.1 Å². The second kappa shape index (κ2) is 11.2. The molecular formula is C27H33AlN2. The lowest BCUT2D eigenvalue weighted by atomic mass is 10.0. The number of nitrogens with one attached hydrogen (secondary N) is 1. The fraction of sp³-hybridized carbons (Fsp3) is 0.296. The lowest BCUT2D eigenvalue weighted by molar-refractivity contribution is 0.867. The lowest BCUT2D eigenvalue weighted by Gasteiger charge is -2.14. The summed E-state index contributed by atoms with van der Waals surface area (Å²) in [4.78, 5) is 4.85. The summed E-state index contributed by atoms with van der Waals surface area (Å²) < 4.78 is 3.83. The third-order valence-electron chi connectivity index (χ3n) is 5.63. The highest BCUT2D eigenvalue weighted by molar-refractivity contribution is 6.62. The molecule has 0 aromatic heterocycles. The van der Waals surface area contributed by atoms with Crippen LogP contribution in [0.1, 0.15) is 48.9 Å². The Balaban J connectivity index is 1.70. The summed E-state index contributed by atoms with van der Waals surface area (Å²) in [6.07, 6.45) is 3.14. The van der Waals surface area contributed by atoms with Crippen molar-refractivity contribution >= 4 is 32.0 Å². The van der Waals surface area contributed by atoms with Crippen LogP contribution in [-0.2, 0) is 6.42 Å². The van der Waals surface area contributed by atoms with Crippen molar-refractivity contribution < 1.29 is 0 Å². The van der Waals surface area contributed by atoms with E-state index in [0.29, 0.717) is 5.92 Å². The number of hydrogen-bond donors (Lipinski definition) is 1. The van der Waals surface area contributed by atoms with Crippen molar-refractivity contribution in [2.45, 2.75) is 50.6 Å². The van der Waals surface area contributed by atoms with Gasteiger partial charge in [0.2, 0.25) is 0 Å². The number of hydrogen-bond acceptors (Lipinski definition) is 2. The first-order chi connectivity index (χ1) is 14.6. The zero-order valence-electron chi connectivity index (χ0n) is 18.7. The molecule has 3 aromatic carbocycles. The molecule has 3 rings (SSSR count). The second-order valence-electron chi connectivity index (χ2n) is 8.32. The molecule has 1 N–H and O–H groups in total. The molecule has 0 spiro atoms. The Bertz CT molecular complexity index is 961. The molecule has 0 unspecified atom stereocenters. The molecular weight excluding hydrogens is 379 g/mol. The maximum atomic E-state index is 4.85. The Morgan fingerprint density at radius 2 is 1.63 bits per heavy atom. The molecule has 3 aromatic rings. The van der Waals surface area contributed by atoms with Gasteiger partial charge in [0.15, 0.2) is 0 Å².